The van der Waals surface area contributed by atoms with Gasteiger partial charge in [0.15, 0.2) is 0 Å². The van der Waals surface area contributed by atoms with Crippen LogP contribution in [0.5, 0.6) is 5.75 Å². The topological polar surface area (TPSA) is 46.9 Å². The largest absolute Gasteiger partial charge is 0.497 e. The Morgan fingerprint density at radius 2 is 1.93 bits per heavy atom. The van der Waals surface area contributed by atoms with E-state index < -0.39 is 0 Å². The van der Waals surface area contributed by atoms with Gasteiger partial charge in [-0.3, -0.25) is 4.79 Å². The van der Waals surface area contributed by atoms with Crippen molar-refractivity contribution in [3.63, 3.8) is 0 Å². The van der Waals surface area contributed by atoms with E-state index in [2.05, 4.69) is 18.2 Å². The van der Waals surface area contributed by atoms with Gasteiger partial charge in [0.25, 0.3) is 0 Å². The fourth-order valence-corrected chi connectivity index (χ4v) is 4.46. The summed E-state index contributed by atoms with van der Waals surface area (Å²) in [5.74, 6) is 0.894. The fourth-order valence-electron chi connectivity index (χ4n) is 3.42. The lowest BCUT2D eigenvalue weighted by atomic mass is 10.2. The Bertz CT molecular complexity index is 940. The Kier molecular flexibility index (Phi) is 5.69. The van der Waals surface area contributed by atoms with Gasteiger partial charge >= 0.3 is 0 Å². The third kappa shape index (κ3) is 4.40. The predicted octanol–water partition coefficient (Wildman–Crippen LogP) is 2.25. The highest BCUT2D eigenvalue weighted by atomic mass is 32.1. The zero-order valence-electron chi connectivity index (χ0n) is 15.9. The first-order valence-electron chi connectivity index (χ1n) is 9.50. The van der Waals surface area contributed by atoms with Crippen LogP contribution in [0, 0.1) is 0 Å². The molecule has 2 heterocycles. The van der Waals surface area contributed by atoms with Crippen LogP contribution in [0.15, 0.2) is 54.6 Å². The zero-order valence-corrected chi connectivity index (χ0v) is 16.7. The molecule has 0 spiro atoms. The number of piperazine rings is 1. The summed E-state index contributed by atoms with van der Waals surface area (Å²) in [6, 6.07) is 16.0. The Morgan fingerprint density at radius 1 is 1.18 bits per heavy atom. The minimum atomic E-state index is 0.0786. The molecule has 1 saturated heterocycles. The summed E-state index contributed by atoms with van der Waals surface area (Å²) in [6.45, 7) is 4.41. The quantitative estimate of drug-likeness (QED) is 0.675. The highest BCUT2D eigenvalue weighted by molar-refractivity contribution is 7.18. The van der Waals surface area contributed by atoms with Crippen molar-refractivity contribution in [2.24, 2.45) is 0 Å². The molecule has 0 unspecified atom stereocenters. The van der Waals surface area contributed by atoms with Gasteiger partial charge in [-0.1, -0.05) is 24.3 Å². The van der Waals surface area contributed by atoms with Gasteiger partial charge in [-0.2, -0.15) is 0 Å². The van der Waals surface area contributed by atoms with Gasteiger partial charge in [0.05, 0.1) is 43.5 Å². The van der Waals surface area contributed by atoms with E-state index >= 15 is 0 Å². The van der Waals surface area contributed by atoms with Crippen LogP contribution in [0.1, 0.15) is 10.6 Å². The van der Waals surface area contributed by atoms with Gasteiger partial charge in [-0.25, -0.2) is 4.98 Å². The van der Waals surface area contributed by atoms with Crippen LogP contribution in [0.4, 0.5) is 0 Å². The van der Waals surface area contributed by atoms with E-state index in [0.717, 1.165) is 49.6 Å². The molecule has 0 aliphatic carbocycles. The number of hydrogen-bond donors (Lipinski definition) is 1. The number of rotatable bonds is 5. The summed E-state index contributed by atoms with van der Waals surface area (Å²) in [4.78, 5) is 20.6. The fraction of sp³-hybridized carbons (Fsp3) is 0.273. The molecule has 6 heteroatoms. The molecule has 5 nitrogen and oxygen atoms in total. The van der Waals surface area contributed by atoms with Crippen molar-refractivity contribution in [3.05, 3.63) is 65.2 Å². The Hall–Kier alpha value is -2.70. The van der Waals surface area contributed by atoms with Crippen molar-refractivity contribution in [1.82, 2.24) is 9.88 Å². The van der Waals surface area contributed by atoms with Crippen LogP contribution in [-0.2, 0) is 11.3 Å². The van der Waals surface area contributed by atoms with E-state index in [1.54, 1.807) is 24.5 Å². The number of amides is 1. The summed E-state index contributed by atoms with van der Waals surface area (Å²) in [6.07, 6.45) is 3.53. The van der Waals surface area contributed by atoms with Gasteiger partial charge in [0.2, 0.25) is 5.91 Å². The van der Waals surface area contributed by atoms with E-state index in [1.165, 1.54) is 14.6 Å². The standard InChI is InChI=1S/C22H23N3O2S/c1-27-18-9-6-17(7-10-18)8-11-22(26)25-14-12-24(13-15-25)16-21-23-19-4-2-3-5-20(19)28-21/h2-11H,12-16H2,1H3/p+1/b11-8+. The van der Waals surface area contributed by atoms with Crippen LogP contribution in [0.3, 0.4) is 0 Å². The van der Waals surface area contributed by atoms with Crippen LogP contribution < -0.4 is 9.64 Å². The molecule has 0 radical (unpaired) electrons. The number of aromatic nitrogens is 1. The molecular weight excluding hydrogens is 370 g/mol. The van der Waals surface area contributed by atoms with Crippen molar-refractivity contribution < 1.29 is 14.4 Å². The average molecular weight is 395 g/mol. The van der Waals surface area contributed by atoms with Crippen molar-refractivity contribution in [1.29, 1.82) is 0 Å². The van der Waals surface area contributed by atoms with E-state index in [1.807, 2.05) is 41.3 Å². The molecule has 1 aliphatic rings. The van der Waals surface area contributed by atoms with Gasteiger partial charge < -0.3 is 14.5 Å². The lowest BCUT2D eigenvalue weighted by Gasteiger charge is -2.31. The second-order valence-electron chi connectivity index (χ2n) is 6.93. The molecule has 28 heavy (non-hydrogen) atoms. The molecule has 144 valence electrons. The van der Waals surface area contributed by atoms with E-state index in [0.29, 0.717) is 0 Å². The van der Waals surface area contributed by atoms with E-state index in [4.69, 9.17) is 9.72 Å². The number of benzene rings is 2. The summed E-state index contributed by atoms with van der Waals surface area (Å²) in [7, 11) is 1.65. The van der Waals surface area contributed by atoms with Crippen molar-refractivity contribution in [2.75, 3.05) is 33.3 Å². The molecule has 0 bridgehead atoms. The number of para-hydroxylation sites is 1. The number of fused-ring (bicyclic) bond motifs is 1. The molecule has 1 aliphatic heterocycles. The van der Waals surface area contributed by atoms with Crippen molar-refractivity contribution in [3.8, 4) is 5.75 Å². The van der Waals surface area contributed by atoms with E-state index in [-0.39, 0.29) is 5.91 Å². The number of quaternary nitrogens is 1. The highest BCUT2D eigenvalue weighted by Gasteiger charge is 2.23. The zero-order chi connectivity index (χ0) is 19.3. The average Bonchev–Trinajstić information content (AvgIpc) is 3.15. The monoisotopic (exact) mass is 394 g/mol. The maximum absolute atomic E-state index is 12.5. The number of nitrogens with one attached hydrogen (secondary N) is 1. The molecule has 0 atom stereocenters. The highest BCUT2D eigenvalue weighted by Crippen LogP contribution is 2.20. The number of methoxy groups -OCH3 is 1. The molecule has 4 rings (SSSR count). The number of ether oxygens (including phenoxy) is 1. The SMILES string of the molecule is COc1ccc(/C=C/C(=O)N2CC[NH+](Cc3nc4ccccc4s3)CC2)cc1. The van der Waals surface area contributed by atoms with Crippen molar-refractivity contribution >= 4 is 33.5 Å². The normalized spacial score (nSPS) is 15.4. The summed E-state index contributed by atoms with van der Waals surface area (Å²) in [5.41, 5.74) is 2.08. The second-order valence-corrected chi connectivity index (χ2v) is 8.05. The summed E-state index contributed by atoms with van der Waals surface area (Å²) >= 11 is 1.77. The number of thiazole rings is 1. The lowest BCUT2D eigenvalue weighted by Crippen LogP contribution is -3.13. The molecule has 1 fully saturated rings. The van der Waals surface area contributed by atoms with Gasteiger partial charge in [-0.15, -0.1) is 11.3 Å². The Balaban J connectivity index is 1.29. The first-order chi connectivity index (χ1) is 13.7. The van der Waals surface area contributed by atoms with Gasteiger partial charge in [0, 0.05) is 6.08 Å². The number of nitrogens with zero attached hydrogens (tertiary/aromatic N) is 2. The summed E-state index contributed by atoms with van der Waals surface area (Å²) < 4.78 is 6.40. The molecule has 2 aromatic carbocycles. The Morgan fingerprint density at radius 3 is 2.64 bits per heavy atom. The molecule has 1 N–H and O–H groups in total. The third-order valence-electron chi connectivity index (χ3n) is 5.06. The lowest BCUT2D eigenvalue weighted by molar-refractivity contribution is -0.917. The molecule has 3 aromatic rings. The number of carbonyl (C=O) groups is 1. The molecule has 0 saturated carbocycles. The molecule has 1 aromatic heterocycles. The van der Waals surface area contributed by atoms with Gasteiger partial charge in [0.1, 0.15) is 17.3 Å². The predicted molar refractivity (Wildman–Crippen MR) is 113 cm³/mol. The maximum atomic E-state index is 12.5. The van der Waals surface area contributed by atoms with Crippen LogP contribution >= 0.6 is 11.3 Å². The van der Waals surface area contributed by atoms with Crippen LogP contribution in [0.2, 0.25) is 0 Å². The first kappa shape index (κ1) is 18.7. The van der Waals surface area contributed by atoms with Gasteiger partial charge in [-0.05, 0) is 35.9 Å². The minimum Gasteiger partial charge on any atom is -0.497 e. The smallest absolute Gasteiger partial charge is 0.246 e. The molecular formula is C22H24N3O2S+. The Labute approximate surface area is 168 Å². The number of hydrogen-bond acceptors (Lipinski definition) is 4. The second kappa shape index (κ2) is 8.54. The number of carbonyl (C=O) groups excluding carboxylic acids is 1. The first-order valence-corrected chi connectivity index (χ1v) is 10.3. The van der Waals surface area contributed by atoms with Crippen LogP contribution in [0.25, 0.3) is 16.3 Å². The summed E-state index contributed by atoms with van der Waals surface area (Å²) in [5, 5.41) is 1.18. The van der Waals surface area contributed by atoms with Crippen molar-refractivity contribution in [2.45, 2.75) is 6.54 Å². The minimum absolute atomic E-state index is 0.0786. The van der Waals surface area contributed by atoms with Crippen LogP contribution in [-0.4, -0.2) is 49.1 Å². The molecule has 1 amide bonds. The maximum Gasteiger partial charge on any atom is 0.246 e. The third-order valence-corrected chi connectivity index (χ3v) is 6.09. The van der Waals surface area contributed by atoms with E-state index in [9.17, 15) is 4.79 Å².